The predicted octanol–water partition coefficient (Wildman–Crippen LogP) is 4.48. The van der Waals surface area contributed by atoms with Crippen molar-refractivity contribution in [3.8, 4) is 0 Å². The Labute approximate surface area is 164 Å². The number of rotatable bonds is 7. The third-order valence-electron chi connectivity index (χ3n) is 3.09. The molecule has 0 spiro atoms. The normalized spacial score (nSPS) is 13.8. The number of nitrogens with one attached hydrogen (secondary N) is 1. The highest BCUT2D eigenvalue weighted by molar-refractivity contribution is 7.89. The summed E-state index contributed by atoms with van der Waals surface area (Å²) in [5.74, 6) is 0.259. The molecular weight excluding hydrogens is 405 g/mol. The van der Waals surface area contributed by atoms with Crippen LogP contribution in [0.25, 0.3) is 0 Å². The topological polar surface area (TPSA) is 70.9 Å². The van der Waals surface area contributed by atoms with Gasteiger partial charge in [0, 0.05) is 6.42 Å². The van der Waals surface area contributed by atoms with Crippen molar-refractivity contribution in [2.45, 2.75) is 42.9 Å². The highest BCUT2D eigenvalue weighted by Crippen LogP contribution is 2.27. The van der Waals surface area contributed by atoms with E-state index in [1.54, 1.807) is 0 Å². The minimum Gasteiger partial charge on any atom is -0.328 e. The average Bonchev–Trinajstić information content (AvgIpc) is 2.49. The summed E-state index contributed by atoms with van der Waals surface area (Å²) >= 11 is 17.9. The Hall–Kier alpha value is -0.820. The van der Waals surface area contributed by atoms with E-state index in [0.717, 1.165) is 31.1 Å². The molecule has 0 atom stereocenters. The van der Waals surface area contributed by atoms with E-state index in [2.05, 4.69) is 21.6 Å². The van der Waals surface area contributed by atoms with Crippen LogP contribution in [-0.2, 0) is 16.6 Å². The van der Waals surface area contributed by atoms with E-state index in [0.29, 0.717) is 6.42 Å². The van der Waals surface area contributed by atoms with Crippen LogP contribution in [0.2, 0.25) is 0 Å². The summed E-state index contributed by atoms with van der Waals surface area (Å²) in [6, 6.07) is 9.45. The van der Waals surface area contributed by atoms with Crippen molar-refractivity contribution in [2.24, 2.45) is 9.39 Å². The number of amidine groups is 2. The van der Waals surface area contributed by atoms with Gasteiger partial charge in [-0.05, 0) is 12.0 Å². The van der Waals surface area contributed by atoms with E-state index in [-0.39, 0.29) is 18.2 Å². The van der Waals surface area contributed by atoms with E-state index in [1.807, 2.05) is 30.3 Å². The Morgan fingerprint density at radius 3 is 2.32 bits per heavy atom. The van der Waals surface area contributed by atoms with Gasteiger partial charge >= 0.3 is 0 Å². The molecule has 0 aromatic heterocycles. The van der Waals surface area contributed by atoms with Crippen LogP contribution in [0, 0.1) is 0 Å². The van der Waals surface area contributed by atoms with Crippen molar-refractivity contribution >= 4 is 56.5 Å². The van der Waals surface area contributed by atoms with Crippen LogP contribution in [0.15, 0.2) is 39.7 Å². The fourth-order valence-electron chi connectivity index (χ4n) is 1.96. The maximum absolute atomic E-state index is 11.5. The molecule has 1 aromatic rings. The molecule has 0 aliphatic heterocycles. The molecular formula is C16H22Cl3N3O2S. The van der Waals surface area contributed by atoms with Crippen molar-refractivity contribution < 1.29 is 8.42 Å². The Kier molecular flexibility index (Phi) is 9.21. The van der Waals surface area contributed by atoms with Crippen LogP contribution in [0.5, 0.6) is 0 Å². The van der Waals surface area contributed by atoms with Crippen LogP contribution < -0.4 is 5.32 Å². The zero-order chi connectivity index (χ0) is 18.9. The van der Waals surface area contributed by atoms with Gasteiger partial charge in [-0.15, -0.1) is 0 Å². The second kappa shape index (κ2) is 10.4. The average molecular weight is 427 g/mol. The van der Waals surface area contributed by atoms with E-state index in [4.69, 9.17) is 34.8 Å². The number of alkyl halides is 3. The summed E-state index contributed by atoms with van der Waals surface area (Å²) in [6.07, 6.45) is 4.14. The molecule has 9 heteroatoms. The number of hydrogen-bond donors (Lipinski definition) is 1. The van der Waals surface area contributed by atoms with E-state index < -0.39 is 13.8 Å². The molecule has 5 nitrogen and oxygen atoms in total. The number of aliphatic imine (C=N–C) groups is 1. The lowest BCUT2D eigenvalue weighted by atomic mass is 10.2. The molecule has 0 aliphatic carbocycles. The standard InChI is InChI=1S/C16H22Cl3N3O2S/c1-3-4-6-11-14(22-25(2,23)24)21-15(16(17,18)19)20-12-13-9-7-5-8-10-13/h5,7-10H,3-4,6,11-12H2,1-2H3,(H,20,21,22). The highest BCUT2D eigenvalue weighted by Gasteiger charge is 2.29. The molecule has 0 amide bonds. The SMILES string of the molecule is CCCCC/C(=N\S(C)(=O)=O)NC(=NCc1ccccc1)C(Cl)(Cl)Cl. The first-order chi connectivity index (χ1) is 11.6. The van der Waals surface area contributed by atoms with Crippen LogP contribution in [0.1, 0.15) is 38.2 Å². The van der Waals surface area contributed by atoms with Crippen LogP contribution in [0.4, 0.5) is 0 Å². The van der Waals surface area contributed by atoms with Gasteiger partial charge in [-0.3, -0.25) is 4.99 Å². The Morgan fingerprint density at radius 2 is 1.80 bits per heavy atom. The molecule has 1 aromatic carbocycles. The monoisotopic (exact) mass is 425 g/mol. The zero-order valence-corrected chi connectivity index (χ0v) is 17.3. The maximum Gasteiger partial charge on any atom is 0.251 e. The molecule has 1 rings (SSSR count). The summed E-state index contributed by atoms with van der Waals surface area (Å²) in [5, 5.41) is 2.80. The Balaban J connectivity index is 3.01. The van der Waals surface area contributed by atoms with Crippen molar-refractivity contribution in [3.63, 3.8) is 0 Å². The summed E-state index contributed by atoms with van der Waals surface area (Å²) < 4.78 is 24.9. The number of benzene rings is 1. The fourth-order valence-corrected chi connectivity index (χ4v) is 2.82. The molecule has 0 aliphatic rings. The van der Waals surface area contributed by atoms with Crippen molar-refractivity contribution in [2.75, 3.05) is 6.26 Å². The molecule has 1 N–H and O–H groups in total. The highest BCUT2D eigenvalue weighted by atomic mass is 35.6. The summed E-state index contributed by atoms with van der Waals surface area (Å²) in [4.78, 5) is 4.30. The van der Waals surface area contributed by atoms with Crippen molar-refractivity contribution in [1.82, 2.24) is 5.32 Å². The zero-order valence-electron chi connectivity index (χ0n) is 14.2. The van der Waals surface area contributed by atoms with Crippen LogP contribution in [-0.4, -0.2) is 30.1 Å². The van der Waals surface area contributed by atoms with Gasteiger partial charge in [0.25, 0.3) is 10.0 Å². The molecule has 0 radical (unpaired) electrons. The van der Waals surface area contributed by atoms with Gasteiger partial charge in [-0.25, -0.2) is 8.42 Å². The number of hydrogen-bond acceptors (Lipinski definition) is 3. The predicted molar refractivity (Wildman–Crippen MR) is 107 cm³/mol. The lowest BCUT2D eigenvalue weighted by Crippen LogP contribution is -2.39. The second-order valence-corrected chi connectivity index (χ2v) is 9.43. The summed E-state index contributed by atoms with van der Waals surface area (Å²) in [6.45, 7) is 2.34. The quantitative estimate of drug-likeness (QED) is 0.302. The fraction of sp³-hybridized carbons (Fsp3) is 0.500. The maximum atomic E-state index is 11.5. The summed E-state index contributed by atoms with van der Waals surface area (Å²) in [5.41, 5.74) is 0.934. The molecule has 0 saturated carbocycles. The third kappa shape index (κ3) is 10.0. The van der Waals surface area contributed by atoms with E-state index in [9.17, 15) is 8.42 Å². The molecule has 0 heterocycles. The number of sulfonamides is 1. The van der Waals surface area contributed by atoms with Gasteiger partial charge in [0.1, 0.15) is 5.84 Å². The minimum absolute atomic E-state index is 0.0419. The first kappa shape index (κ1) is 22.2. The second-order valence-electron chi connectivity index (χ2n) is 5.50. The Bertz CT molecular complexity index is 699. The number of unbranched alkanes of at least 4 members (excludes halogenated alkanes) is 2. The number of halogens is 3. The lowest BCUT2D eigenvalue weighted by Gasteiger charge is -2.18. The first-order valence-corrected chi connectivity index (χ1v) is 10.8. The van der Waals surface area contributed by atoms with Gasteiger partial charge in [0.05, 0.1) is 12.8 Å². The van der Waals surface area contributed by atoms with Crippen LogP contribution >= 0.6 is 34.8 Å². The molecule has 25 heavy (non-hydrogen) atoms. The van der Waals surface area contributed by atoms with Crippen molar-refractivity contribution in [3.05, 3.63) is 35.9 Å². The largest absolute Gasteiger partial charge is 0.328 e. The third-order valence-corrected chi connectivity index (χ3v) is 4.18. The van der Waals surface area contributed by atoms with Gasteiger partial charge < -0.3 is 5.32 Å². The van der Waals surface area contributed by atoms with Crippen LogP contribution in [0.3, 0.4) is 0 Å². The lowest BCUT2D eigenvalue weighted by molar-refractivity contribution is 0.603. The van der Waals surface area contributed by atoms with Crippen molar-refractivity contribution in [1.29, 1.82) is 0 Å². The van der Waals surface area contributed by atoms with E-state index in [1.165, 1.54) is 0 Å². The molecule has 0 bridgehead atoms. The smallest absolute Gasteiger partial charge is 0.251 e. The molecule has 0 fully saturated rings. The van der Waals surface area contributed by atoms with Gasteiger partial charge in [0.15, 0.2) is 5.84 Å². The van der Waals surface area contributed by atoms with Gasteiger partial charge in [0.2, 0.25) is 3.79 Å². The number of nitrogens with zero attached hydrogens (tertiary/aromatic N) is 2. The van der Waals surface area contributed by atoms with E-state index >= 15 is 0 Å². The van der Waals surface area contributed by atoms with Gasteiger partial charge in [-0.1, -0.05) is 84.9 Å². The molecule has 0 unspecified atom stereocenters. The minimum atomic E-state index is -3.58. The summed E-state index contributed by atoms with van der Waals surface area (Å²) in [7, 11) is -3.58. The first-order valence-electron chi connectivity index (χ1n) is 7.83. The molecule has 0 saturated heterocycles. The Morgan fingerprint density at radius 1 is 1.16 bits per heavy atom. The molecule has 140 valence electrons. The van der Waals surface area contributed by atoms with Gasteiger partial charge in [-0.2, -0.15) is 4.40 Å².